The lowest BCUT2D eigenvalue weighted by Crippen LogP contribution is -2.41. The molecule has 12 aromatic carbocycles. The molecule has 0 atom stereocenters. The van der Waals surface area contributed by atoms with Gasteiger partial charge in [0, 0.05) is 55.8 Å². The van der Waals surface area contributed by atoms with Gasteiger partial charge in [-0.2, -0.15) is 0 Å². The van der Waals surface area contributed by atoms with Crippen LogP contribution in [0.2, 0.25) is 0 Å². The van der Waals surface area contributed by atoms with Crippen LogP contribution in [0.15, 0.2) is 317 Å². The maximum atomic E-state index is 6.34. The topological polar surface area (TPSA) is 70.0 Å². The van der Waals surface area contributed by atoms with E-state index in [1.807, 2.05) is 24.3 Å². The van der Waals surface area contributed by atoms with E-state index < -0.39 is 18.3 Å². The zero-order chi connectivity index (χ0) is 66.9. The van der Waals surface area contributed by atoms with E-state index in [4.69, 9.17) is 29.2 Å². The third kappa shape index (κ3) is 13.7. The second-order valence-electron chi connectivity index (χ2n) is 25.1. The number of halogens is 3. The van der Waals surface area contributed by atoms with Gasteiger partial charge in [-0.25, -0.2) is 19.9 Å². The number of hydrogen-bond acceptors (Lipinski definition) is 8. The van der Waals surface area contributed by atoms with Gasteiger partial charge in [0.1, 0.15) is 0 Å². The molecule has 12 heteroatoms. The summed E-state index contributed by atoms with van der Waals surface area (Å²) in [6, 6.07) is 106. The summed E-state index contributed by atoms with van der Waals surface area (Å²) >= 11 is 13.9. The molecule has 1 aliphatic heterocycles. The van der Waals surface area contributed by atoms with E-state index in [1.165, 1.54) is 53.9 Å². The number of rotatable bonds is 10. The molecule has 0 saturated carbocycles. The Bertz CT molecular complexity index is 5460. The quantitative estimate of drug-likeness (QED) is 0.127. The van der Waals surface area contributed by atoms with Crippen molar-refractivity contribution >= 4 is 124 Å². The first kappa shape index (κ1) is 64.6. The Kier molecular flexibility index (Phi) is 18.4. The lowest BCUT2D eigenvalue weighted by atomic mass is 9.78. The summed E-state index contributed by atoms with van der Waals surface area (Å²) in [5, 5.41) is 2.31. The van der Waals surface area contributed by atoms with Crippen molar-refractivity contribution in [1.82, 2.24) is 19.9 Å². The molecule has 5 heterocycles. The molecule has 16 aromatic rings. The number of nitrogens with zero attached hydrogens (tertiary/aromatic N) is 4. The predicted octanol–water partition coefficient (Wildman–Crippen LogP) is 25.0. The van der Waals surface area contributed by atoms with Crippen molar-refractivity contribution < 1.29 is 9.31 Å². The summed E-state index contributed by atoms with van der Waals surface area (Å²) in [6.45, 7) is 8.30. The Morgan fingerprint density at radius 1 is 0.286 bits per heavy atom. The Balaban J connectivity index is 0.000000134. The SMILES string of the molecule is Brc1ccc(-c2ccc(-c3cccc(-c4nc(-c5ccc(-c6ccccc6)cc5)c5sc6ccccc6c5n4)c3)cc2)cc1.Brc1ccc(-c2ccc(Br)cc2)cc1.CC1(C)OB(c2cccc(-c3nc(-c4ccc(-c5ccccc5)cc4)c4sc5ccccc5c4n3)c2)OC1(C)C. The van der Waals surface area contributed by atoms with Crippen LogP contribution in [0.25, 0.3) is 142 Å². The van der Waals surface area contributed by atoms with Crippen LogP contribution in [0, 0.1) is 0 Å². The summed E-state index contributed by atoms with van der Waals surface area (Å²) in [6.07, 6.45) is 0. The van der Waals surface area contributed by atoms with E-state index in [1.54, 1.807) is 22.7 Å². The second-order valence-corrected chi connectivity index (χ2v) is 30.0. The average Bonchev–Trinajstić information content (AvgIpc) is 1.58. The fourth-order valence-corrected chi connectivity index (χ4v) is 15.3. The van der Waals surface area contributed by atoms with E-state index >= 15 is 0 Å². The molecule has 17 rings (SSSR count). The minimum atomic E-state index is -0.444. The summed E-state index contributed by atoms with van der Waals surface area (Å²) in [5.74, 6) is 1.42. The first-order valence-corrected chi connectivity index (χ1v) is 36.4. The highest BCUT2D eigenvalue weighted by molar-refractivity contribution is 9.11. The molecule has 0 unspecified atom stereocenters. The Morgan fingerprint density at radius 2 is 0.582 bits per heavy atom. The minimum absolute atomic E-state index is 0.405. The van der Waals surface area contributed by atoms with E-state index in [9.17, 15) is 0 Å². The van der Waals surface area contributed by atoms with Crippen molar-refractivity contribution in [1.29, 1.82) is 0 Å². The second kappa shape index (κ2) is 27.9. The van der Waals surface area contributed by atoms with Gasteiger partial charge in [-0.1, -0.05) is 297 Å². The van der Waals surface area contributed by atoms with Crippen LogP contribution in [-0.4, -0.2) is 38.3 Å². The Labute approximate surface area is 604 Å². The molecule has 0 bridgehead atoms. The fraction of sp³-hybridized carbons (Fsp3) is 0.0698. The van der Waals surface area contributed by atoms with Crippen LogP contribution in [0.5, 0.6) is 0 Å². The van der Waals surface area contributed by atoms with Gasteiger partial charge < -0.3 is 9.31 Å². The van der Waals surface area contributed by atoms with Crippen LogP contribution >= 0.6 is 70.5 Å². The fourth-order valence-electron chi connectivity index (χ4n) is 12.2. The van der Waals surface area contributed by atoms with E-state index in [0.29, 0.717) is 5.82 Å². The summed E-state index contributed by atoms with van der Waals surface area (Å²) < 4.78 is 20.6. The molecule has 1 aliphatic rings. The molecule has 0 radical (unpaired) electrons. The molecule has 1 saturated heterocycles. The molecular formula is C86H62BBr3N4O2S2. The summed E-state index contributed by atoms with van der Waals surface area (Å²) in [5.41, 5.74) is 20.1. The van der Waals surface area contributed by atoms with Crippen LogP contribution in [-0.2, 0) is 9.31 Å². The zero-order valence-electron chi connectivity index (χ0n) is 54.0. The number of thiophene rings is 2. The van der Waals surface area contributed by atoms with Gasteiger partial charge in [0.25, 0.3) is 0 Å². The normalized spacial score (nSPS) is 13.1. The third-order valence-electron chi connectivity index (χ3n) is 18.2. The Morgan fingerprint density at radius 3 is 0.980 bits per heavy atom. The van der Waals surface area contributed by atoms with Gasteiger partial charge >= 0.3 is 7.12 Å². The largest absolute Gasteiger partial charge is 0.494 e. The van der Waals surface area contributed by atoms with Gasteiger partial charge in [-0.15, -0.1) is 22.7 Å². The van der Waals surface area contributed by atoms with E-state index in [-0.39, 0.29) is 0 Å². The molecule has 6 nitrogen and oxygen atoms in total. The lowest BCUT2D eigenvalue weighted by Gasteiger charge is -2.32. The summed E-state index contributed by atoms with van der Waals surface area (Å²) in [4.78, 5) is 20.7. The van der Waals surface area contributed by atoms with Crippen LogP contribution in [0.3, 0.4) is 0 Å². The highest BCUT2D eigenvalue weighted by Gasteiger charge is 2.51. The first-order valence-electron chi connectivity index (χ1n) is 32.4. The van der Waals surface area contributed by atoms with Crippen molar-refractivity contribution in [3.05, 3.63) is 317 Å². The molecule has 0 aliphatic carbocycles. The highest BCUT2D eigenvalue weighted by atomic mass is 79.9. The van der Waals surface area contributed by atoms with Crippen LogP contribution < -0.4 is 5.46 Å². The molecule has 0 N–H and O–H groups in total. The maximum Gasteiger partial charge on any atom is 0.494 e. The van der Waals surface area contributed by atoms with Crippen molar-refractivity contribution in [3.8, 4) is 101 Å². The van der Waals surface area contributed by atoms with Crippen LogP contribution in [0.1, 0.15) is 27.7 Å². The molecule has 4 aromatic heterocycles. The van der Waals surface area contributed by atoms with E-state index in [0.717, 1.165) is 101 Å². The summed E-state index contributed by atoms with van der Waals surface area (Å²) in [7, 11) is -0.444. The third-order valence-corrected chi connectivity index (χ3v) is 22.1. The molecule has 0 amide bonds. The number of benzene rings is 12. The van der Waals surface area contributed by atoms with Crippen molar-refractivity contribution in [2.75, 3.05) is 0 Å². The molecule has 0 spiro atoms. The van der Waals surface area contributed by atoms with Gasteiger partial charge in [0.15, 0.2) is 11.6 Å². The first-order chi connectivity index (χ1) is 47.7. The lowest BCUT2D eigenvalue weighted by molar-refractivity contribution is 0.00578. The number of hydrogen-bond donors (Lipinski definition) is 0. The standard InChI is InChI=1S/C40H25BrN2S.C34H29BN2O2S.C12H8Br2/c41-34-23-21-29(22-24-34)28-13-15-30(16-14-28)32-9-6-10-33(25-32)40-42-37(39-38(43-40)35-11-4-5-12-36(35)44-39)31-19-17-27(18-20-31)26-7-2-1-3-8-26;1-33(2)34(3,4)39-35(38-33)26-14-10-13-25(21-26)32-36-29(31-30(37-32)27-15-8-9-16-28(27)40-31)24-19-17-23(18-20-24)22-11-6-5-7-12-22;13-11-5-1-9(2-6-11)10-3-7-12(14)8-4-10/h1-25H;5-21H,1-4H3;1-8H. The Hall–Kier alpha value is -9.34. The number of aromatic nitrogens is 4. The van der Waals surface area contributed by atoms with E-state index in [2.05, 4.69) is 355 Å². The van der Waals surface area contributed by atoms with Crippen molar-refractivity contribution in [2.24, 2.45) is 0 Å². The average molecular weight is 1500 g/mol. The van der Waals surface area contributed by atoms with Crippen LogP contribution in [0.4, 0.5) is 0 Å². The highest BCUT2D eigenvalue weighted by Crippen LogP contribution is 2.43. The molecular weight excluding hydrogens is 1440 g/mol. The van der Waals surface area contributed by atoms with Crippen molar-refractivity contribution in [3.63, 3.8) is 0 Å². The molecule has 474 valence electrons. The predicted molar refractivity (Wildman–Crippen MR) is 424 cm³/mol. The van der Waals surface area contributed by atoms with Gasteiger partial charge in [0.2, 0.25) is 0 Å². The maximum absolute atomic E-state index is 6.34. The number of fused-ring (bicyclic) bond motifs is 6. The molecule has 98 heavy (non-hydrogen) atoms. The molecule has 1 fully saturated rings. The van der Waals surface area contributed by atoms with Gasteiger partial charge in [0.05, 0.1) is 43.0 Å². The van der Waals surface area contributed by atoms with Gasteiger partial charge in [-0.3, -0.25) is 0 Å². The smallest absolute Gasteiger partial charge is 0.399 e. The minimum Gasteiger partial charge on any atom is -0.399 e. The monoisotopic (exact) mass is 1490 g/mol. The zero-order valence-corrected chi connectivity index (χ0v) is 60.4. The van der Waals surface area contributed by atoms with Gasteiger partial charge in [-0.05, 0) is 143 Å². The van der Waals surface area contributed by atoms with Crippen molar-refractivity contribution in [2.45, 2.75) is 38.9 Å².